The summed E-state index contributed by atoms with van der Waals surface area (Å²) in [4.78, 5) is 0. The molecule has 1 nitrogen and oxygen atoms in total. The van der Waals surface area contributed by atoms with Gasteiger partial charge < -0.3 is 5.48 Å². The smallest absolute Gasteiger partial charge is 0.118 e. The Hall–Kier alpha value is 0.527. The van der Waals surface area contributed by atoms with E-state index in [1.807, 2.05) is 0 Å². The summed E-state index contributed by atoms with van der Waals surface area (Å²) in [6.45, 7) is 2.17. The van der Waals surface area contributed by atoms with Gasteiger partial charge in [0.2, 0.25) is 0 Å². The van der Waals surface area contributed by atoms with Crippen molar-refractivity contribution in [3.05, 3.63) is 0 Å². The summed E-state index contributed by atoms with van der Waals surface area (Å²) in [5.74, 6) is 0. The zero-order valence-corrected chi connectivity index (χ0v) is 5.76. The molecule has 2 N–H and O–H groups in total. The Morgan fingerprint density at radius 1 is 1.67 bits per heavy atom. The fourth-order valence-corrected chi connectivity index (χ4v) is 1.01. The molecule has 6 heavy (non-hydrogen) atoms. The third-order valence-electron chi connectivity index (χ3n) is 0.362. The molecule has 0 aromatic carbocycles. The summed E-state index contributed by atoms with van der Waals surface area (Å²) in [6, 6.07) is 1.28. The Labute approximate surface area is 46.3 Å². The predicted molar refractivity (Wildman–Crippen MR) is 33.5 cm³/mol. The minimum atomic E-state index is 0. The van der Waals surface area contributed by atoms with Gasteiger partial charge in [-0.15, -0.1) is 0 Å². The van der Waals surface area contributed by atoms with Crippen LogP contribution in [-0.2, 0) is 0 Å². The predicted octanol–water partition coefficient (Wildman–Crippen LogP) is 0.539. The lowest BCUT2D eigenvalue weighted by atomic mass is 10.6. The molecule has 0 atom stereocenters. The molecule has 2 radical (unpaired) electrons. The van der Waals surface area contributed by atoms with Crippen LogP contribution in [0.2, 0.25) is 6.04 Å². The van der Waals surface area contributed by atoms with Gasteiger partial charge in [-0.2, -0.15) is 0 Å². The van der Waals surface area contributed by atoms with Crippen molar-refractivity contribution in [3.63, 3.8) is 0 Å². The van der Waals surface area contributed by atoms with Crippen LogP contribution in [0.5, 0.6) is 0 Å². The van der Waals surface area contributed by atoms with Crippen molar-refractivity contribution in [3.8, 4) is 0 Å². The van der Waals surface area contributed by atoms with Gasteiger partial charge in [-0.3, -0.25) is 0 Å². The number of thiol groups is 1. The Kier molecular flexibility index (Phi) is 14.8. The van der Waals surface area contributed by atoms with Crippen LogP contribution in [0, 0.1) is 0 Å². The highest BCUT2D eigenvalue weighted by Crippen LogP contribution is 1.84. The first-order valence-corrected chi connectivity index (χ1v) is 4.28. The fourth-order valence-electron chi connectivity index (χ4n) is 0.112. The van der Waals surface area contributed by atoms with E-state index in [1.54, 1.807) is 0 Å². The van der Waals surface area contributed by atoms with E-state index in [1.165, 1.54) is 12.5 Å². The molecule has 38 valence electrons. The molecule has 0 heterocycles. The molecule has 0 fully saturated rings. The van der Waals surface area contributed by atoms with Crippen molar-refractivity contribution < 1.29 is 5.48 Å². The van der Waals surface area contributed by atoms with Crippen molar-refractivity contribution in [1.82, 2.24) is 0 Å². The SMILES string of the molecule is CCC[Si]S.O. The maximum absolute atomic E-state index is 4.03. The third kappa shape index (κ3) is 8.82. The fraction of sp³-hybridized carbons (Fsp3) is 1.00. The topological polar surface area (TPSA) is 31.5 Å². The highest BCUT2D eigenvalue weighted by atomic mass is 32.3. The summed E-state index contributed by atoms with van der Waals surface area (Å²) >= 11 is 4.03. The van der Waals surface area contributed by atoms with Gasteiger partial charge >= 0.3 is 0 Å². The minimum Gasteiger partial charge on any atom is -0.412 e. The quantitative estimate of drug-likeness (QED) is 0.409. The molecule has 0 aromatic rings. The number of rotatable bonds is 2. The molecular formula is C3H10OSSi. The summed E-state index contributed by atoms with van der Waals surface area (Å²) in [5.41, 5.74) is 0. The molecular weight excluding hydrogens is 112 g/mol. The Morgan fingerprint density at radius 2 is 2.17 bits per heavy atom. The maximum Gasteiger partial charge on any atom is 0.118 e. The minimum absolute atomic E-state index is 0. The molecule has 0 bridgehead atoms. The average Bonchev–Trinajstić information content (AvgIpc) is 1.41. The molecule has 3 heteroatoms. The van der Waals surface area contributed by atoms with E-state index in [0.29, 0.717) is 0 Å². The molecule has 0 aromatic heterocycles. The molecule has 0 unspecified atom stereocenters. The maximum atomic E-state index is 4.03. The molecule has 0 aliphatic heterocycles. The highest BCUT2D eigenvalue weighted by Gasteiger charge is 1.71. The van der Waals surface area contributed by atoms with E-state index in [0.717, 1.165) is 8.67 Å². The summed E-state index contributed by atoms with van der Waals surface area (Å²) in [7, 11) is 0.852. The van der Waals surface area contributed by atoms with Gasteiger partial charge in [0.1, 0.15) is 8.67 Å². The third-order valence-corrected chi connectivity index (χ3v) is 1.76. The highest BCUT2D eigenvalue weighted by molar-refractivity contribution is 8.06. The van der Waals surface area contributed by atoms with Crippen LogP contribution in [0.15, 0.2) is 0 Å². The van der Waals surface area contributed by atoms with Crippen LogP contribution in [0.3, 0.4) is 0 Å². The average molecular weight is 122 g/mol. The van der Waals surface area contributed by atoms with E-state index in [4.69, 9.17) is 0 Å². The van der Waals surface area contributed by atoms with Crippen LogP contribution < -0.4 is 0 Å². The lowest BCUT2D eigenvalue weighted by molar-refractivity contribution is 0.824. The number of hydrogen-bond donors (Lipinski definition) is 1. The van der Waals surface area contributed by atoms with Gasteiger partial charge in [-0.25, -0.2) is 12.1 Å². The molecule has 0 amide bonds. The Morgan fingerprint density at radius 3 is 2.17 bits per heavy atom. The van der Waals surface area contributed by atoms with Crippen molar-refractivity contribution >= 4 is 20.7 Å². The summed E-state index contributed by atoms with van der Waals surface area (Å²) in [5, 5.41) is 0. The van der Waals surface area contributed by atoms with Crippen LogP contribution >= 0.6 is 12.1 Å². The normalized spacial score (nSPS) is 7.00. The van der Waals surface area contributed by atoms with Crippen molar-refractivity contribution in [2.24, 2.45) is 0 Å². The largest absolute Gasteiger partial charge is 0.412 e. The van der Waals surface area contributed by atoms with Gasteiger partial charge in [0, 0.05) is 0 Å². The summed E-state index contributed by atoms with van der Waals surface area (Å²) < 4.78 is 0. The van der Waals surface area contributed by atoms with Crippen molar-refractivity contribution in [1.29, 1.82) is 0 Å². The monoisotopic (exact) mass is 122 g/mol. The van der Waals surface area contributed by atoms with Crippen LogP contribution in [0.4, 0.5) is 0 Å². The first-order chi connectivity index (χ1) is 2.41. The molecule has 0 rings (SSSR count). The zero-order chi connectivity index (χ0) is 4.12. The standard InChI is InChI=1S/C3H8SSi.H2O/c1-2-3-5-4;/h4H,2-3H2,1H3;1H2. The lowest BCUT2D eigenvalue weighted by Gasteiger charge is -1.76. The lowest BCUT2D eigenvalue weighted by Crippen LogP contribution is -1.69. The Bertz CT molecular complexity index is 18.3. The van der Waals surface area contributed by atoms with Crippen molar-refractivity contribution in [2.75, 3.05) is 0 Å². The zero-order valence-electron chi connectivity index (χ0n) is 3.86. The van der Waals surface area contributed by atoms with Crippen LogP contribution in [-0.4, -0.2) is 14.1 Å². The molecule has 0 spiro atoms. The van der Waals surface area contributed by atoms with Gasteiger partial charge in [0.25, 0.3) is 0 Å². The van der Waals surface area contributed by atoms with E-state index in [9.17, 15) is 0 Å². The van der Waals surface area contributed by atoms with E-state index >= 15 is 0 Å². The summed E-state index contributed by atoms with van der Waals surface area (Å²) in [6.07, 6.45) is 1.28. The van der Waals surface area contributed by atoms with Gasteiger partial charge in [-0.1, -0.05) is 19.4 Å². The Balaban J connectivity index is 0. The molecule has 0 aliphatic carbocycles. The molecule has 0 aliphatic rings. The second-order valence-electron chi connectivity index (χ2n) is 0.908. The molecule has 0 saturated carbocycles. The van der Waals surface area contributed by atoms with Crippen LogP contribution in [0.1, 0.15) is 13.3 Å². The number of hydrogen-bond acceptors (Lipinski definition) is 1. The first kappa shape index (κ1) is 9.73. The van der Waals surface area contributed by atoms with Crippen LogP contribution in [0.25, 0.3) is 0 Å². The molecule has 0 saturated heterocycles. The second kappa shape index (κ2) is 9.11. The van der Waals surface area contributed by atoms with Gasteiger partial charge in [-0.05, 0) is 0 Å². The first-order valence-electron chi connectivity index (χ1n) is 1.78. The van der Waals surface area contributed by atoms with Gasteiger partial charge in [0.05, 0.1) is 0 Å². The van der Waals surface area contributed by atoms with E-state index in [2.05, 4.69) is 19.0 Å². The van der Waals surface area contributed by atoms with E-state index in [-0.39, 0.29) is 5.48 Å². The van der Waals surface area contributed by atoms with Crippen molar-refractivity contribution in [2.45, 2.75) is 19.4 Å². The van der Waals surface area contributed by atoms with E-state index < -0.39 is 0 Å². The second-order valence-corrected chi connectivity index (χ2v) is 2.67. The van der Waals surface area contributed by atoms with Gasteiger partial charge in [0.15, 0.2) is 0 Å².